The molecule has 1 aromatic heterocycles. The molecule has 1 fully saturated rings. The van der Waals surface area contributed by atoms with Crippen LogP contribution in [0.4, 0.5) is 4.39 Å². The van der Waals surface area contributed by atoms with E-state index >= 15 is 0 Å². The number of benzene rings is 1. The normalized spacial score (nSPS) is 16.3. The van der Waals surface area contributed by atoms with Gasteiger partial charge in [-0.2, -0.15) is 0 Å². The zero-order chi connectivity index (χ0) is 18.5. The van der Waals surface area contributed by atoms with Gasteiger partial charge in [0.15, 0.2) is 0 Å². The van der Waals surface area contributed by atoms with E-state index in [4.69, 9.17) is 13.9 Å². The Kier molecular flexibility index (Phi) is 5.90. The molecule has 1 saturated heterocycles. The van der Waals surface area contributed by atoms with Gasteiger partial charge in [-0.15, -0.1) is 0 Å². The van der Waals surface area contributed by atoms with Gasteiger partial charge in [0.1, 0.15) is 23.1 Å². The van der Waals surface area contributed by atoms with E-state index in [9.17, 15) is 9.18 Å². The van der Waals surface area contributed by atoms with E-state index in [1.54, 1.807) is 6.07 Å². The molecule has 2 heterocycles. The third-order valence-electron chi connectivity index (χ3n) is 4.45. The van der Waals surface area contributed by atoms with Crippen LogP contribution in [0.1, 0.15) is 27.9 Å². The first-order chi connectivity index (χ1) is 12.6. The first kappa shape index (κ1) is 18.4. The maximum absolute atomic E-state index is 14.1. The van der Waals surface area contributed by atoms with E-state index in [-0.39, 0.29) is 11.6 Å². The summed E-state index contributed by atoms with van der Waals surface area (Å²) < 4.78 is 30.2. The van der Waals surface area contributed by atoms with Gasteiger partial charge in [0, 0.05) is 25.7 Å². The standard InChI is InChI=1S/C19H23FN2O4/c1-13-3-6-18(26-13)17(22-7-9-25-10-8-22)12-21-19(23)15-5-4-14(24-2)11-16(15)20/h3-6,11,17H,7-10,12H2,1-2H3,(H,21,23). The van der Waals surface area contributed by atoms with Gasteiger partial charge in [0.25, 0.3) is 5.91 Å². The molecule has 140 valence electrons. The molecule has 0 bridgehead atoms. The third kappa shape index (κ3) is 4.23. The summed E-state index contributed by atoms with van der Waals surface area (Å²) in [6.07, 6.45) is 0. The smallest absolute Gasteiger partial charge is 0.254 e. The van der Waals surface area contributed by atoms with Crippen molar-refractivity contribution >= 4 is 5.91 Å². The van der Waals surface area contributed by atoms with Gasteiger partial charge >= 0.3 is 0 Å². The highest BCUT2D eigenvalue weighted by Crippen LogP contribution is 2.24. The number of carbonyl (C=O) groups is 1. The molecule has 0 aliphatic carbocycles. The lowest BCUT2D eigenvalue weighted by atomic mass is 10.1. The summed E-state index contributed by atoms with van der Waals surface area (Å²) >= 11 is 0. The Morgan fingerprint density at radius 1 is 1.31 bits per heavy atom. The summed E-state index contributed by atoms with van der Waals surface area (Å²) in [4.78, 5) is 14.6. The summed E-state index contributed by atoms with van der Waals surface area (Å²) in [5.41, 5.74) is -0.0119. The van der Waals surface area contributed by atoms with Crippen molar-refractivity contribution in [3.63, 3.8) is 0 Å². The minimum atomic E-state index is -0.612. The summed E-state index contributed by atoms with van der Waals surface area (Å²) in [6.45, 7) is 4.96. The highest BCUT2D eigenvalue weighted by Gasteiger charge is 2.26. The predicted octanol–water partition coefficient (Wildman–Crippen LogP) is 2.54. The van der Waals surface area contributed by atoms with E-state index in [0.717, 1.165) is 24.6 Å². The zero-order valence-corrected chi connectivity index (χ0v) is 15.0. The highest BCUT2D eigenvalue weighted by atomic mass is 19.1. The summed E-state index contributed by atoms with van der Waals surface area (Å²) in [5, 5.41) is 2.82. The number of furan rings is 1. The molecule has 1 N–H and O–H groups in total. The van der Waals surface area contributed by atoms with Crippen LogP contribution in [0.2, 0.25) is 0 Å². The SMILES string of the molecule is COc1ccc(C(=O)NCC(c2ccc(C)o2)N2CCOCC2)c(F)c1. The Morgan fingerprint density at radius 3 is 2.69 bits per heavy atom. The largest absolute Gasteiger partial charge is 0.497 e. The van der Waals surface area contributed by atoms with Crippen molar-refractivity contribution in [1.82, 2.24) is 10.2 Å². The van der Waals surface area contributed by atoms with Crippen LogP contribution in [0.25, 0.3) is 0 Å². The van der Waals surface area contributed by atoms with E-state index in [0.29, 0.717) is 25.5 Å². The molecular weight excluding hydrogens is 339 g/mol. The Labute approximate surface area is 151 Å². The molecule has 1 amide bonds. The quantitative estimate of drug-likeness (QED) is 0.856. The highest BCUT2D eigenvalue weighted by molar-refractivity contribution is 5.94. The van der Waals surface area contributed by atoms with Crippen LogP contribution in [-0.2, 0) is 4.74 Å². The molecule has 0 spiro atoms. The van der Waals surface area contributed by atoms with Crippen molar-refractivity contribution in [3.8, 4) is 5.75 Å². The molecule has 1 aliphatic heterocycles. The molecule has 26 heavy (non-hydrogen) atoms. The average molecular weight is 362 g/mol. The molecule has 1 atom stereocenters. The molecule has 0 saturated carbocycles. The number of amides is 1. The number of rotatable bonds is 6. The fraction of sp³-hybridized carbons (Fsp3) is 0.421. The molecule has 3 rings (SSSR count). The number of nitrogens with zero attached hydrogens (tertiary/aromatic N) is 1. The van der Waals surface area contributed by atoms with Crippen LogP contribution in [0.15, 0.2) is 34.7 Å². The fourth-order valence-electron chi connectivity index (χ4n) is 3.02. The second-order valence-corrected chi connectivity index (χ2v) is 6.17. The number of hydrogen-bond donors (Lipinski definition) is 1. The van der Waals surface area contributed by atoms with Crippen molar-refractivity contribution in [2.24, 2.45) is 0 Å². The molecular formula is C19H23FN2O4. The van der Waals surface area contributed by atoms with Crippen molar-refractivity contribution in [2.45, 2.75) is 13.0 Å². The van der Waals surface area contributed by atoms with Crippen LogP contribution in [0.5, 0.6) is 5.75 Å². The lowest BCUT2D eigenvalue weighted by molar-refractivity contribution is 0.0117. The number of morpholine rings is 1. The first-order valence-corrected chi connectivity index (χ1v) is 8.58. The van der Waals surface area contributed by atoms with Crippen LogP contribution in [0, 0.1) is 12.7 Å². The number of aryl methyl sites for hydroxylation is 1. The van der Waals surface area contributed by atoms with Gasteiger partial charge in [-0.25, -0.2) is 4.39 Å². The fourth-order valence-corrected chi connectivity index (χ4v) is 3.02. The van der Waals surface area contributed by atoms with E-state index < -0.39 is 11.7 Å². The minimum Gasteiger partial charge on any atom is -0.497 e. The van der Waals surface area contributed by atoms with Crippen LogP contribution in [-0.4, -0.2) is 50.8 Å². The van der Waals surface area contributed by atoms with Gasteiger partial charge in [0.05, 0.1) is 31.9 Å². The molecule has 1 aromatic carbocycles. The van der Waals surface area contributed by atoms with Gasteiger partial charge in [-0.1, -0.05) is 0 Å². The minimum absolute atomic E-state index is 0.0119. The number of methoxy groups -OCH3 is 1. The Balaban J connectivity index is 1.71. The van der Waals surface area contributed by atoms with Gasteiger partial charge < -0.3 is 19.2 Å². The van der Waals surface area contributed by atoms with Gasteiger partial charge in [-0.05, 0) is 31.2 Å². The lowest BCUT2D eigenvalue weighted by Crippen LogP contribution is -2.43. The van der Waals surface area contributed by atoms with Gasteiger partial charge in [-0.3, -0.25) is 9.69 Å². The molecule has 1 unspecified atom stereocenters. The van der Waals surface area contributed by atoms with Gasteiger partial charge in [0.2, 0.25) is 0 Å². The number of nitrogens with one attached hydrogen (secondary N) is 1. The van der Waals surface area contributed by atoms with Crippen molar-refractivity contribution in [2.75, 3.05) is 40.0 Å². The summed E-state index contributed by atoms with van der Waals surface area (Å²) in [5.74, 6) is 0.882. The maximum atomic E-state index is 14.1. The van der Waals surface area contributed by atoms with Crippen molar-refractivity contribution in [3.05, 3.63) is 53.2 Å². The van der Waals surface area contributed by atoms with E-state index in [1.807, 2.05) is 19.1 Å². The monoisotopic (exact) mass is 362 g/mol. The molecule has 6 nitrogen and oxygen atoms in total. The predicted molar refractivity (Wildman–Crippen MR) is 93.9 cm³/mol. The van der Waals surface area contributed by atoms with E-state index in [1.165, 1.54) is 19.2 Å². The van der Waals surface area contributed by atoms with Crippen LogP contribution < -0.4 is 10.1 Å². The third-order valence-corrected chi connectivity index (χ3v) is 4.45. The maximum Gasteiger partial charge on any atom is 0.254 e. The second kappa shape index (κ2) is 8.33. The summed E-state index contributed by atoms with van der Waals surface area (Å²) in [7, 11) is 1.45. The van der Waals surface area contributed by atoms with Crippen LogP contribution in [0.3, 0.4) is 0 Å². The topological polar surface area (TPSA) is 63.9 Å². The van der Waals surface area contributed by atoms with Crippen LogP contribution >= 0.6 is 0 Å². The number of halogens is 1. The Bertz CT molecular complexity index is 756. The van der Waals surface area contributed by atoms with E-state index in [2.05, 4.69) is 10.2 Å². The number of hydrogen-bond acceptors (Lipinski definition) is 5. The Hall–Kier alpha value is -2.38. The van der Waals surface area contributed by atoms with Crippen molar-refractivity contribution in [1.29, 1.82) is 0 Å². The molecule has 2 aromatic rings. The zero-order valence-electron chi connectivity index (χ0n) is 15.0. The number of carbonyl (C=O) groups excluding carboxylic acids is 1. The Morgan fingerprint density at radius 2 is 2.08 bits per heavy atom. The van der Waals surface area contributed by atoms with Crippen molar-refractivity contribution < 1.29 is 23.1 Å². The molecule has 7 heteroatoms. The summed E-state index contributed by atoms with van der Waals surface area (Å²) in [6, 6.07) is 7.86. The second-order valence-electron chi connectivity index (χ2n) is 6.17. The first-order valence-electron chi connectivity index (χ1n) is 8.58. The lowest BCUT2D eigenvalue weighted by Gasteiger charge is -2.33. The average Bonchev–Trinajstić information content (AvgIpc) is 3.08. The molecule has 0 radical (unpaired) electrons. The molecule has 1 aliphatic rings. The number of ether oxygens (including phenoxy) is 2.